The van der Waals surface area contributed by atoms with Crippen molar-refractivity contribution in [1.29, 1.82) is 0 Å². The molecule has 0 amide bonds. The summed E-state index contributed by atoms with van der Waals surface area (Å²) >= 11 is 0. The molecule has 0 spiro atoms. The molecule has 1 fully saturated rings. The minimum atomic E-state index is -0.0170. The van der Waals surface area contributed by atoms with Crippen LogP contribution in [0.15, 0.2) is 0 Å². The third kappa shape index (κ3) is 4.42. The number of nitrogens with one attached hydrogen (secondary N) is 1. The van der Waals surface area contributed by atoms with Crippen LogP contribution in [0.4, 0.5) is 0 Å². The molecule has 0 aromatic rings. The summed E-state index contributed by atoms with van der Waals surface area (Å²) < 4.78 is 0. The Morgan fingerprint density at radius 2 is 1.59 bits per heavy atom. The van der Waals surface area contributed by atoms with Gasteiger partial charge in [0.15, 0.2) is 0 Å². The fourth-order valence-electron chi connectivity index (χ4n) is 3.20. The molecule has 0 aromatic heterocycles. The number of carbonyl (C=O) groups excluding carboxylic acids is 1. The van der Waals surface area contributed by atoms with Gasteiger partial charge in [0.2, 0.25) is 0 Å². The van der Waals surface area contributed by atoms with Gasteiger partial charge in [-0.1, -0.05) is 39.5 Å². The van der Waals surface area contributed by atoms with E-state index in [9.17, 15) is 4.79 Å². The van der Waals surface area contributed by atoms with Gasteiger partial charge >= 0.3 is 0 Å². The van der Waals surface area contributed by atoms with Crippen LogP contribution in [0.1, 0.15) is 79.1 Å². The predicted octanol–water partition coefficient (Wildman–Crippen LogP) is 3.84. The molecule has 1 N–H and O–H groups in total. The van der Waals surface area contributed by atoms with Crippen LogP contribution >= 0.6 is 0 Å². The van der Waals surface area contributed by atoms with Gasteiger partial charge in [0.05, 0.1) is 0 Å². The molecule has 0 radical (unpaired) electrons. The number of hydrogen-bond acceptors (Lipinski definition) is 2. The zero-order chi connectivity index (χ0) is 12.9. The summed E-state index contributed by atoms with van der Waals surface area (Å²) in [5.74, 6) is 0.445. The van der Waals surface area contributed by atoms with E-state index >= 15 is 0 Å². The zero-order valence-electron chi connectivity index (χ0n) is 12.1. The second kappa shape index (κ2) is 5.99. The van der Waals surface area contributed by atoms with Crippen LogP contribution in [-0.2, 0) is 4.79 Å². The van der Waals surface area contributed by atoms with Crippen molar-refractivity contribution < 1.29 is 4.79 Å². The van der Waals surface area contributed by atoms with Crippen molar-refractivity contribution >= 4 is 5.78 Å². The van der Waals surface area contributed by atoms with Crippen molar-refractivity contribution in [3.8, 4) is 0 Å². The van der Waals surface area contributed by atoms with Crippen molar-refractivity contribution in [1.82, 2.24) is 5.32 Å². The molecule has 0 unspecified atom stereocenters. The molecule has 17 heavy (non-hydrogen) atoms. The van der Waals surface area contributed by atoms with Crippen LogP contribution < -0.4 is 5.32 Å². The normalized spacial score (nSPS) is 22.7. The standard InChI is InChI=1S/C15H29NO/c1-5-7-9-15(10-8-6-2)12-13(17)11-14(3,4)16-15/h16H,5-12H2,1-4H3. The highest BCUT2D eigenvalue weighted by atomic mass is 16.1. The molecule has 2 nitrogen and oxygen atoms in total. The number of rotatable bonds is 6. The molecular weight excluding hydrogens is 210 g/mol. The van der Waals surface area contributed by atoms with Gasteiger partial charge in [-0.3, -0.25) is 4.79 Å². The number of unbranched alkanes of at least 4 members (excludes halogenated alkanes) is 2. The van der Waals surface area contributed by atoms with E-state index < -0.39 is 0 Å². The zero-order valence-corrected chi connectivity index (χ0v) is 12.1. The molecule has 0 bridgehead atoms. The van der Waals surface area contributed by atoms with Crippen LogP contribution in [0.5, 0.6) is 0 Å². The SMILES string of the molecule is CCCCC1(CCCC)CC(=O)CC(C)(C)N1. The second-order valence-corrected chi connectivity index (χ2v) is 6.39. The second-order valence-electron chi connectivity index (χ2n) is 6.39. The third-order valence-electron chi connectivity index (χ3n) is 3.80. The molecule has 1 aliphatic heterocycles. The molecule has 1 heterocycles. The molecule has 0 aromatic carbocycles. The topological polar surface area (TPSA) is 29.1 Å². The van der Waals surface area contributed by atoms with Gasteiger partial charge in [0.25, 0.3) is 0 Å². The minimum Gasteiger partial charge on any atom is -0.305 e. The summed E-state index contributed by atoms with van der Waals surface area (Å²) in [4.78, 5) is 12.0. The largest absolute Gasteiger partial charge is 0.305 e. The van der Waals surface area contributed by atoms with Crippen LogP contribution in [0.3, 0.4) is 0 Å². The Bertz CT molecular complexity index is 250. The van der Waals surface area contributed by atoms with Gasteiger partial charge in [-0.05, 0) is 26.7 Å². The highest BCUT2D eigenvalue weighted by Gasteiger charge is 2.41. The summed E-state index contributed by atoms with van der Waals surface area (Å²) in [5.41, 5.74) is 0.0711. The Kier molecular flexibility index (Phi) is 5.18. The lowest BCUT2D eigenvalue weighted by atomic mass is 9.74. The van der Waals surface area contributed by atoms with Crippen LogP contribution in [-0.4, -0.2) is 16.9 Å². The Labute approximate surface area is 107 Å². The third-order valence-corrected chi connectivity index (χ3v) is 3.80. The Morgan fingerprint density at radius 3 is 2.00 bits per heavy atom. The average molecular weight is 239 g/mol. The summed E-state index contributed by atoms with van der Waals surface area (Å²) in [7, 11) is 0. The molecule has 0 atom stereocenters. The minimum absolute atomic E-state index is 0.0170. The maximum Gasteiger partial charge on any atom is 0.136 e. The van der Waals surface area contributed by atoms with E-state index in [1.807, 2.05) is 0 Å². The lowest BCUT2D eigenvalue weighted by Gasteiger charge is -2.46. The van der Waals surface area contributed by atoms with E-state index in [1.54, 1.807) is 0 Å². The Morgan fingerprint density at radius 1 is 1.06 bits per heavy atom. The number of carbonyl (C=O) groups is 1. The first-order valence-electron chi connectivity index (χ1n) is 7.24. The van der Waals surface area contributed by atoms with Crippen LogP contribution in [0.2, 0.25) is 0 Å². The molecule has 1 saturated heterocycles. The van der Waals surface area contributed by atoms with Crippen molar-refractivity contribution in [2.45, 2.75) is 90.1 Å². The monoisotopic (exact) mass is 239 g/mol. The van der Waals surface area contributed by atoms with Gasteiger partial charge < -0.3 is 5.32 Å². The van der Waals surface area contributed by atoms with Gasteiger partial charge in [-0.15, -0.1) is 0 Å². The predicted molar refractivity (Wildman–Crippen MR) is 73.2 cm³/mol. The summed E-state index contributed by atoms with van der Waals surface area (Å²) in [5, 5.41) is 3.79. The first kappa shape index (κ1) is 14.7. The van der Waals surface area contributed by atoms with Gasteiger partial charge in [0.1, 0.15) is 5.78 Å². The van der Waals surface area contributed by atoms with Crippen molar-refractivity contribution in [2.24, 2.45) is 0 Å². The first-order chi connectivity index (χ1) is 7.93. The number of Topliss-reactive ketones (excluding diaryl/α,β-unsaturated/α-hetero) is 1. The first-order valence-corrected chi connectivity index (χ1v) is 7.24. The van der Waals surface area contributed by atoms with E-state index in [0.29, 0.717) is 12.2 Å². The van der Waals surface area contributed by atoms with E-state index in [2.05, 4.69) is 33.0 Å². The highest BCUT2D eigenvalue weighted by molar-refractivity contribution is 5.81. The highest BCUT2D eigenvalue weighted by Crippen LogP contribution is 2.34. The smallest absolute Gasteiger partial charge is 0.136 e. The number of piperidine rings is 1. The van der Waals surface area contributed by atoms with Gasteiger partial charge in [-0.25, -0.2) is 0 Å². The molecule has 0 saturated carbocycles. The molecule has 2 heteroatoms. The maximum atomic E-state index is 12.0. The molecule has 100 valence electrons. The fraction of sp³-hybridized carbons (Fsp3) is 0.933. The van der Waals surface area contributed by atoms with E-state index in [1.165, 1.54) is 25.7 Å². The summed E-state index contributed by atoms with van der Waals surface area (Å²) in [6.07, 6.45) is 8.61. The molecule has 1 aliphatic rings. The lowest BCUT2D eigenvalue weighted by molar-refractivity contribution is -0.125. The molecule has 1 rings (SSSR count). The van der Waals surface area contributed by atoms with E-state index in [4.69, 9.17) is 0 Å². The summed E-state index contributed by atoms with van der Waals surface area (Å²) in [6, 6.07) is 0. The molecule has 0 aliphatic carbocycles. The van der Waals surface area contributed by atoms with Crippen molar-refractivity contribution in [3.05, 3.63) is 0 Å². The summed E-state index contributed by atoms with van der Waals surface area (Å²) in [6.45, 7) is 8.78. The number of ketones is 1. The van der Waals surface area contributed by atoms with E-state index in [-0.39, 0.29) is 11.1 Å². The van der Waals surface area contributed by atoms with Gasteiger partial charge in [0, 0.05) is 23.9 Å². The molecular formula is C15H29NO. The van der Waals surface area contributed by atoms with Crippen LogP contribution in [0.25, 0.3) is 0 Å². The quantitative estimate of drug-likeness (QED) is 0.763. The fourth-order valence-corrected chi connectivity index (χ4v) is 3.20. The van der Waals surface area contributed by atoms with Crippen molar-refractivity contribution in [3.63, 3.8) is 0 Å². The maximum absolute atomic E-state index is 12.0. The van der Waals surface area contributed by atoms with Crippen LogP contribution in [0, 0.1) is 0 Å². The lowest BCUT2D eigenvalue weighted by Crippen LogP contribution is -2.61. The van der Waals surface area contributed by atoms with Gasteiger partial charge in [-0.2, -0.15) is 0 Å². The van der Waals surface area contributed by atoms with Crippen molar-refractivity contribution in [2.75, 3.05) is 0 Å². The average Bonchev–Trinajstić information content (AvgIpc) is 2.21. The Hall–Kier alpha value is -0.370. The number of hydrogen-bond donors (Lipinski definition) is 1. The van der Waals surface area contributed by atoms with E-state index in [0.717, 1.165) is 19.3 Å². The Balaban J connectivity index is 2.76.